The standard InChI is InChI=1S/C18H23NO3S/c1-18(2,3)15-8-10-16(11-9-15)23(21,22)19-13-12-14-6-4-5-7-17(14)20/h4-11,19-20H,12-13H2,1-3H3. The summed E-state index contributed by atoms with van der Waals surface area (Å²) in [5.74, 6) is 0.182. The molecule has 4 nitrogen and oxygen atoms in total. The second-order valence-corrected chi connectivity index (χ2v) is 8.32. The molecule has 2 N–H and O–H groups in total. The Morgan fingerprint density at radius 2 is 1.61 bits per heavy atom. The van der Waals surface area contributed by atoms with Crippen LogP contribution in [0.25, 0.3) is 0 Å². The molecule has 0 aliphatic heterocycles. The van der Waals surface area contributed by atoms with Crippen LogP contribution in [0.15, 0.2) is 53.4 Å². The highest BCUT2D eigenvalue weighted by Crippen LogP contribution is 2.23. The topological polar surface area (TPSA) is 66.4 Å². The number of hydrogen-bond donors (Lipinski definition) is 2. The largest absolute Gasteiger partial charge is 0.508 e. The van der Waals surface area contributed by atoms with Crippen molar-refractivity contribution in [2.75, 3.05) is 6.54 Å². The normalized spacial score (nSPS) is 12.3. The number of benzene rings is 2. The molecule has 0 saturated heterocycles. The maximum Gasteiger partial charge on any atom is 0.240 e. The molecule has 0 bridgehead atoms. The summed E-state index contributed by atoms with van der Waals surface area (Å²) in [4.78, 5) is 0.253. The van der Waals surface area contributed by atoms with Gasteiger partial charge in [-0.3, -0.25) is 0 Å². The molecule has 23 heavy (non-hydrogen) atoms. The maximum absolute atomic E-state index is 12.3. The summed E-state index contributed by atoms with van der Waals surface area (Å²) >= 11 is 0. The predicted molar refractivity (Wildman–Crippen MR) is 92.1 cm³/mol. The minimum atomic E-state index is -3.54. The highest BCUT2D eigenvalue weighted by atomic mass is 32.2. The Hall–Kier alpha value is -1.85. The number of sulfonamides is 1. The molecule has 0 radical (unpaired) electrons. The lowest BCUT2D eigenvalue weighted by molar-refractivity contribution is 0.467. The summed E-state index contributed by atoms with van der Waals surface area (Å²) in [7, 11) is -3.54. The van der Waals surface area contributed by atoms with Crippen molar-refractivity contribution in [1.29, 1.82) is 0 Å². The van der Waals surface area contributed by atoms with Gasteiger partial charge in [-0.2, -0.15) is 0 Å². The number of phenolic OH excluding ortho intramolecular Hbond substituents is 1. The van der Waals surface area contributed by atoms with Gasteiger partial charge in [0.25, 0.3) is 0 Å². The van der Waals surface area contributed by atoms with Crippen LogP contribution in [0.3, 0.4) is 0 Å². The molecule has 2 aromatic rings. The molecular formula is C18H23NO3S. The van der Waals surface area contributed by atoms with Gasteiger partial charge in [0, 0.05) is 6.54 Å². The lowest BCUT2D eigenvalue weighted by atomic mass is 9.87. The predicted octanol–water partition coefficient (Wildman–Crippen LogP) is 3.21. The minimum Gasteiger partial charge on any atom is -0.508 e. The van der Waals surface area contributed by atoms with Gasteiger partial charge in [-0.1, -0.05) is 51.1 Å². The van der Waals surface area contributed by atoms with E-state index in [1.165, 1.54) is 0 Å². The van der Waals surface area contributed by atoms with Crippen molar-refractivity contribution < 1.29 is 13.5 Å². The van der Waals surface area contributed by atoms with E-state index in [4.69, 9.17) is 0 Å². The lowest BCUT2D eigenvalue weighted by Gasteiger charge is -2.19. The van der Waals surface area contributed by atoms with Gasteiger partial charge in [0.15, 0.2) is 0 Å². The first-order chi connectivity index (χ1) is 10.7. The molecule has 0 unspecified atom stereocenters. The van der Waals surface area contributed by atoms with Gasteiger partial charge < -0.3 is 5.11 Å². The average Bonchev–Trinajstić information content (AvgIpc) is 2.48. The van der Waals surface area contributed by atoms with Crippen molar-refractivity contribution in [3.8, 4) is 5.75 Å². The molecule has 2 aromatic carbocycles. The molecule has 0 aliphatic rings. The Bertz CT molecular complexity index is 760. The molecule has 0 amide bonds. The van der Waals surface area contributed by atoms with Crippen molar-refractivity contribution in [2.45, 2.75) is 37.5 Å². The van der Waals surface area contributed by atoms with E-state index in [-0.39, 0.29) is 22.6 Å². The zero-order valence-electron chi connectivity index (χ0n) is 13.7. The highest BCUT2D eigenvalue weighted by molar-refractivity contribution is 7.89. The van der Waals surface area contributed by atoms with E-state index in [2.05, 4.69) is 25.5 Å². The Kier molecular flexibility index (Phi) is 5.12. The van der Waals surface area contributed by atoms with Crippen molar-refractivity contribution >= 4 is 10.0 Å². The SMILES string of the molecule is CC(C)(C)c1ccc(S(=O)(=O)NCCc2ccccc2O)cc1. The second-order valence-electron chi connectivity index (χ2n) is 6.55. The Morgan fingerprint density at radius 3 is 2.17 bits per heavy atom. The molecule has 0 heterocycles. The summed E-state index contributed by atoms with van der Waals surface area (Å²) in [6, 6.07) is 13.9. The van der Waals surface area contributed by atoms with E-state index >= 15 is 0 Å². The van der Waals surface area contributed by atoms with Crippen molar-refractivity contribution in [3.63, 3.8) is 0 Å². The van der Waals surface area contributed by atoms with Gasteiger partial charge in [0.1, 0.15) is 5.75 Å². The van der Waals surface area contributed by atoms with Gasteiger partial charge in [-0.25, -0.2) is 13.1 Å². The van der Waals surface area contributed by atoms with E-state index in [1.807, 2.05) is 18.2 Å². The van der Waals surface area contributed by atoms with E-state index < -0.39 is 10.0 Å². The van der Waals surface area contributed by atoms with Crippen molar-refractivity contribution in [3.05, 3.63) is 59.7 Å². The summed E-state index contributed by atoms with van der Waals surface area (Å²) in [6.45, 7) is 6.49. The van der Waals surface area contributed by atoms with Gasteiger partial charge in [-0.05, 0) is 41.2 Å². The molecule has 124 valence electrons. The zero-order valence-corrected chi connectivity index (χ0v) is 14.5. The molecular weight excluding hydrogens is 310 g/mol. The third-order valence-corrected chi connectivity index (χ3v) is 5.19. The number of nitrogens with one attached hydrogen (secondary N) is 1. The fraction of sp³-hybridized carbons (Fsp3) is 0.333. The third kappa shape index (κ3) is 4.56. The fourth-order valence-corrected chi connectivity index (χ4v) is 3.29. The number of para-hydroxylation sites is 1. The molecule has 0 aromatic heterocycles. The monoisotopic (exact) mass is 333 g/mol. The summed E-state index contributed by atoms with van der Waals surface area (Å²) in [6.07, 6.45) is 0.436. The Morgan fingerprint density at radius 1 is 1.00 bits per heavy atom. The first kappa shape index (κ1) is 17.5. The first-order valence-corrected chi connectivity index (χ1v) is 9.05. The minimum absolute atomic E-state index is 0.0133. The molecule has 0 fully saturated rings. The Balaban J connectivity index is 2.03. The van der Waals surface area contributed by atoms with Gasteiger partial charge in [0.2, 0.25) is 10.0 Å². The smallest absolute Gasteiger partial charge is 0.240 e. The first-order valence-electron chi connectivity index (χ1n) is 7.57. The van der Waals surface area contributed by atoms with E-state index in [1.54, 1.807) is 30.3 Å². The average molecular weight is 333 g/mol. The molecule has 0 atom stereocenters. The van der Waals surface area contributed by atoms with Crippen LogP contribution in [0.4, 0.5) is 0 Å². The van der Waals surface area contributed by atoms with Crippen LogP contribution < -0.4 is 4.72 Å². The molecule has 2 rings (SSSR count). The van der Waals surface area contributed by atoms with Crippen LogP contribution >= 0.6 is 0 Å². The summed E-state index contributed by atoms with van der Waals surface area (Å²) in [5.41, 5.74) is 1.80. The fourth-order valence-electron chi connectivity index (χ4n) is 2.26. The van der Waals surface area contributed by atoms with Crippen LogP contribution in [-0.2, 0) is 21.9 Å². The van der Waals surface area contributed by atoms with E-state index in [9.17, 15) is 13.5 Å². The van der Waals surface area contributed by atoms with Crippen LogP contribution in [0, 0.1) is 0 Å². The number of aromatic hydroxyl groups is 1. The molecule has 0 spiro atoms. The van der Waals surface area contributed by atoms with E-state index in [0.29, 0.717) is 6.42 Å². The summed E-state index contributed by atoms with van der Waals surface area (Å²) < 4.78 is 27.2. The van der Waals surface area contributed by atoms with Gasteiger partial charge in [0.05, 0.1) is 4.90 Å². The molecule has 0 saturated carbocycles. The second kappa shape index (κ2) is 6.72. The number of phenols is 1. The third-order valence-electron chi connectivity index (χ3n) is 3.71. The highest BCUT2D eigenvalue weighted by Gasteiger charge is 2.17. The van der Waals surface area contributed by atoms with Crippen LogP contribution in [0.2, 0.25) is 0 Å². The van der Waals surface area contributed by atoms with Crippen molar-refractivity contribution in [1.82, 2.24) is 4.72 Å². The van der Waals surface area contributed by atoms with Crippen LogP contribution in [-0.4, -0.2) is 20.1 Å². The lowest BCUT2D eigenvalue weighted by Crippen LogP contribution is -2.26. The van der Waals surface area contributed by atoms with Gasteiger partial charge >= 0.3 is 0 Å². The quantitative estimate of drug-likeness (QED) is 0.883. The number of rotatable bonds is 5. The summed E-state index contributed by atoms with van der Waals surface area (Å²) in [5, 5.41) is 9.69. The molecule has 5 heteroatoms. The maximum atomic E-state index is 12.3. The number of hydrogen-bond acceptors (Lipinski definition) is 3. The zero-order chi connectivity index (χ0) is 17.1. The van der Waals surface area contributed by atoms with E-state index in [0.717, 1.165) is 11.1 Å². The van der Waals surface area contributed by atoms with Crippen LogP contribution in [0.1, 0.15) is 31.9 Å². The van der Waals surface area contributed by atoms with Crippen LogP contribution in [0.5, 0.6) is 5.75 Å². The van der Waals surface area contributed by atoms with Gasteiger partial charge in [-0.15, -0.1) is 0 Å². The van der Waals surface area contributed by atoms with Crippen molar-refractivity contribution in [2.24, 2.45) is 0 Å². The molecule has 0 aliphatic carbocycles. The Labute approximate surface area is 138 Å².